The normalized spacial score (nSPS) is 17.8. The Labute approximate surface area is 347 Å². The smallest absolute Gasteiger partial charge is 0.0661 e. The molecule has 0 saturated carbocycles. The predicted molar refractivity (Wildman–Crippen MR) is 251 cm³/mol. The maximum Gasteiger partial charge on any atom is 0.0661 e. The Hall–Kier alpha value is -6.90. The minimum atomic E-state index is -0.326. The van der Waals surface area contributed by atoms with Gasteiger partial charge in [0.15, 0.2) is 0 Å². The van der Waals surface area contributed by atoms with E-state index in [9.17, 15) is 0 Å². The molecule has 0 radical (unpaired) electrons. The summed E-state index contributed by atoms with van der Waals surface area (Å²) in [4.78, 5) is 5.23. The third kappa shape index (κ3) is 4.75. The van der Waals surface area contributed by atoms with Crippen LogP contribution in [0.15, 0.2) is 158 Å². The molecule has 282 valence electrons. The van der Waals surface area contributed by atoms with Crippen LogP contribution in [0.3, 0.4) is 0 Å². The summed E-state index contributed by atoms with van der Waals surface area (Å²) in [5, 5.41) is 2.73. The lowest BCUT2D eigenvalue weighted by Crippen LogP contribution is -2.52. The van der Waals surface area contributed by atoms with E-state index in [1.165, 1.54) is 123 Å². The first-order valence-corrected chi connectivity index (χ1v) is 21.0. The number of rotatable bonds is 4. The predicted octanol–water partition coefficient (Wildman–Crippen LogP) is 15.2. The average Bonchev–Trinajstić information content (AvgIpc) is 3.25. The summed E-state index contributed by atoms with van der Waals surface area (Å²) in [6.07, 6.45) is 7.49. The van der Waals surface area contributed by atoms with E-state index in [4.69, 9.17) is 0 Å². The van der Waals surface area contributed by atoms with Crippen molar-refractivity contribution in [1.29, 1.82) is 0 Å². The lowest BCUT2D eigenvalue weighted by atomic mass is 9.57. The van der Waals surface area contributed by atoms with E-state index in [0.29, 0.717) is 0 Å². The summed E-state index contributed by atoms with van der Waals surface area (Å²) in [5.41, 5.74) is 25.3. The van der Waals surface area contributed by atoms with E-state index >= 15 is 0 Å². The quantitative estimate of drug-likeness (QED) is 0.176. The van der Waals surface area contributed by atoms with Gasteiger partial charge in [0.2, 0.25) is 0 Å². The third-order valence-electron chi connectivity index (χ3n) is 13.8. The molecule has 2 nitrogen and oxygen atoms in total. The van der Waals surface area contributed by atoms with Gasteiger partial charge in [-0.15, -0.1) is 0 Å². The van der Waals surface area contributed by atoms with E-state index in [1.54, 1.807) is 0 Å². The van der Waals surface area contributed by atoms with E-state index in [1.807, 2.05) is 0 Å². The zero-order valence-electron chi connectivity index (χ0n) is 34.1. The maximum absolute atomic E-state index is 2.67. The Morgan fingerprint density at radius 2 is 1.08 bits per heavy atom. The summed E-state index contributed by atoms with van der Waals surface area (Å²) in [6, 6.07) is 57.0. The second-order valence-electron chi connectivity index (χ2n) is 17.4. The molecular weight excluding hydrogens is 713 g/mol. The highest BCUT2D eigenvalue weighted by Gasteiger charge is 2.52. The fourth-order valence-corrected chi connectivity index (χ4v) is 10.9. The molecule has 2 heteroatoms. The molecule has 4 aliphatic rings. The van der Waals surface area contributed by atoms with Crippen LogP contribution >= 0.6 is 0 Å². The fraction of sp³-hybridized carbons (Fsp3) is 0.123. The monoisotopic (exact) mass is 756 g/mol. The first kappa shape index (κ1) is 34.2. The zero-order valence-corrected chi connectivity index (χ0v) is 34.1. The minimum Gasteiger partial charge on any atom is -0.332 e. The third-order valence-corrected chi connectivity index (χ3v) is 13.8. The van der Waals surface area contributed by atoms with Gasteiger partial charge in [-0.1, -0.05) is 127 Å². The highest BCUT2D eigenvalue weighted by atomic mass is 15.2. The molecule has 0 bridgehead atoms. The molecule has 2 aliphatic heterocycles. The molecule has 0 aromatic heterocycles. The largest absolute Gasteiger partial charge is 0.332 e. The SMILES string of the molecule is Cc1ccc2c(c1)N(c1cc(-c3ccccc3)ccc1C)c1ccc3c4c5c(cc-2c14)C=CC1N(c2cc(-c4ccccc4)ccc2C)c2cc(C)ccc2C(=C3)[C@@]51C. The number of nitrogens with zero attached hydrogens (tertiary/aromatic N) is 2. The Balaban J connectivity index is 1.14. The molecule has 0 amide bonds. The van der Waals surface area contributed by atoms with Crippen LogP contribution in [0, 0.1) is 27.7 Å². The van der Waals surface area contributed by atoms with E-state index in [0.717, 1.165) is 0 Å². The van der Waals surface area contributed by atoms with Crippen LogP contribution in [0.25, 0.3) is 61.9 Å². The topological polar surface area (TPSA) is 6.48 Å². The van der Waals surface area contributed by atoms with Gasteiger partial charge in [0.1, 0.15) is 0 Å². The second-order valence-corrected chi connectivity index (χ2v) is 17.4. The van der Waals surface area contributed by atoms with Crippen molar-refractivity contribution in [2.45, 2.75) is 46.1 Å². The number of aryl methyl sites for hydroxylation is 4. The molecule has 0 N–H and O–H groups in total. The number of fused-ring (bicyclic) bond motifs is 4. The van der Waals surface area contributed by atoms with Crippen molar-refractivity contribution >= 4 is 56.9 Å². The maximum atomic E-state index is 2.67. The van der Waals surface area contributed by atoms with Gasteiger partial charge in [0, 0.05) is 39.0 Å². The van der Waals surface area contributed by atoms with Gasteiger partial charge in [-0.3, -0.25) is 0 Å². The summed E-state index contributed by atoms with van der Waals surface area (Å²) >= 11 is 0. The number of benzene rings is 8. The summed E-state index contributed by atoms with van der Waals surface area (Å²) in [7, 11) is 0. The van der Waals surface area contributed by atoms with Crippen molar-refractivity contribution in [1.82, 2.24) is 0 Å². The Morgan fingerprint density at radius 3 is 1.78 bits per heavy atom. The first-order chi connectivity index (χ1) is 28.8. The van der Waals surface area contributed by atoms with Gasteiger partial charge in [0.05, 0.1) is 17.4 Å². The van der Waals surface area contributed by atoms with Crippen molar-refractivity contribution in [2.75, 3.05) is 9.80 Å². The fourth-order valence-electron chi connectivity index (χ4n) is 10.9. The molecule has 8 aromatic carbocycles. The van der Waals surface area contributed by atoms with Crippen molar-refractivity contribution in [2.24, 2.45) is 0 Å². The molecule has 1 unspecified atom stereocenters. The lowest BCUT2D eigenvalue weighted by molar-refractivity contribution is 0.519. The van der Waals surface area contributed by atoms with Crippen LogP contribution < -0.4 is 9.80 Å². The lowest BCUT2D eigenvalue weighted by Gasteiger charge is -2.54. The molecule has 59 heavy (non-hydrogen) atoms. The molecular formula is C57H44N2. The molecule has 0 spiro atoms. The highest BCUT2D eigenvalue weighted by Crippen LogP contribution is 2.63. The molecule has 8 aromatic rings. The van der Waals surface area contributed by atoms with E-state index in [-0.39, 0.29) is 11.5 Å². The number of hydrogen-bond donors (Lipinski definition) is 0. The Kier molecular flexibility index (Phi) is 7.13. The first-order valence-electron chi connectivity index (χ1n) is 21.0. The zero-order chi connectivity index (χ0) is 39.7. The number of anilines is 5. The van der Waals surface area contributed by atoms with Gasteiger partial charge < -0.3 is 9.80 Å². The van der Waals surface area contributed by atoms with Crippen molar-refractivity contribution in [3.05, 3.63) is 202 Å². The average molecular weight is 757 g/mol. The van der Waals surface area contributed by atoms with Crippen LogP contribution in [0.2, 0.25) is 0 Å². The summed E-state index contributed by atoms with van der Waals surface area (Å²) < 4.78 is 0. The highest BCUT2D eigenvalue weighted by molar-refractivity contribution is 6.21. The standard InChI is InChI=1S/C57H44N2/c1-34-16-24-44-46-30-43-23-27-53-57(5)47(45-25-17-35(2)29-52(45)59(53)50-33-41(21-19-37(50)4)39-14-10-7-11-15-39)31-42-22-26-48(55(46)54(42)56(43)57)58(51(44)28-34)49-32-40(20-18-36(49)3)38-12-8-6-9-13-38/h6-33,53H,1-5H3/t53?,57-/m1/s1. The van der Waals surface area contributed by atoms with Crippen LogP contribution in [0.1, 0.15) is 51.4 Å². The van der Waals surface area contributed by atoms with Crippen molar-refractivity contribution in [3.63, 3.8) is 0 Å². The minimum absolute atomic E-state index is 0.0601. The molecule has 2 heterocycles. The van der Waals surface area contributed by atoms with Crippen molar-refractivity contribution < 1.29 is 0 Å². The molecule has 0 saturated heterocycles. The Bertz CT molecular complexity index is 3170. The van der Waals surface area contributed by atoms with Gasteiger partial charge in [-0.25, -0.2) is 0 Å². The van der Waals surface area contributed by atoms with Crippen LogP contribution in [-0.4, -0.2) is 6.04 Å². The summed E-state index contributed by atoms with van der Waals surface area (Å²) in [5.74, 6) is 0. The number of hydrogen-bond acceptors (Lipinski definition) is 2. The molecule has 2 atom stereocenters. The summed E-state index contributed by atoms with van der Waals surface area (Å²) in [6.45, 7) is 11.5. The molecule has 0 fully saturated rings. The van der Waals surface area contributed by atoms with E-state index < -0.39 is 0 Å². The Morgan fingerprint density at radius 1 is 0.458 bits per heavy atom. The van der Waals surface area contributed by atoms with Gasteiger partial charge >= 0.3 is 0 Å². The second kappa shape index (κ2) is 12.3. The van der Waals surface area contributed by atoms with Gasteiger partial charge in [0.25, 0.3) is 0 Å². The van der Waals surface area contributed by atoms with Crippen LogP contribution in [-0.2, 0) is 5.41 Å². The van der Waals surface area contributed by atoms with Crippen LogP contribution in [0.4, 0.5) is 28.4 Å². The molecule has 2 aliphatic carbocycles. The van der Waals surface area contributed by atoms with E-state index in [2.05, 4.69) is 214 Å². The van der Waals surface area contributed by atoms with Gasteiger partial charge in [-0.05, 0) is 155 Å². The van der Waals surface area contributed by atoms with Crippen LogP contribution in [0.5, 0.6) is 0 Å². The van der Waals surface area contributed by atoms with Gasteiger partial charge in [-0.2, -0.15) is 0 Å². The van der Waals surface area contributed by atoms with Crippen molar-refractivity contribution in [3.8, 4) is 33.4 Å². The molecule has 12 rings (SSSR count).